The van der Waals surface area contributed by atoms with E-state index in [1.54, 1.807) is 0 Å². The van der Waals surface area contributed by atoms with Crippen LogP contribution in [0.25, 0.3) is 12.2 Å². The SMILES string of the molecule is C1=Cc2ccccc2C(N2CCC2)c2ccccc21. The van der Waals surface area contributed by atoms with Crippen LogP contribution in [-0.4, -0.2) is 18.0 Å². The summed E-state index contributed by atoms with van der Waals surface area (Å²) in [6.45, 7) is 2.43. The van der Waals surface area contributed by atoms with Crippen molar-refractivity contribution in [3.05, 3.63) is 70.8 Å². The molecule has 1 aliphatic carbocycles. The molecular formula is C18H17N. The highest BCUT2D eigenvalue weighted by Gasteiger charge is 2.30. The zero-order valence-corrected chi connectivity index (χ0v) is 10.9. The molecule has 0 N–H and O–H groups in total. The summed E-state index contributed by atoms with van der Waals surface area (Å²) in [5.41, 5.74) is 5.61. The van der Waals surface area contributed by atoms with Crippen molar-refractivity contribution in [3.63, 3.8) is 0 Å². The molecule has 1 heterocycles. The lowest BCUT2D eigenvalue weighted by Gasteiger charge is -2.39. The van der Waals surface area contributed by atoms with E-state index in [0.717, 1.165) is 0 Å². The second-order valence-electron chi connectivity index (χ2n) is 5.38. The first-order chi connectivity index (χ1) is 9.43. The second kappa shape index (κ2) is 4.36. The van der Waals surface area contributed by atoms with Crippen LogP contribution in [0.5, 0.6) is 0 Å². The van der Waals surface area contributed by atoms with E-state index in [9.17, 15) is 0 Å². The van der Waals surface area contributed by atoms with Crippen molar-refractivity contribution in [2.75, 3.05) is 13.1 Å². The average molecular weight is 247 g/mol. The summed E-state index contributed by atoms with van der Waals surface area (Å²) >= 11 is 0. The first kappa shape index (κ1) is 11.0. The van der Waals surface area contributed by atoms with Gasteiger partial charge in [-0.2, -0.15) is 0 Å². The lowest BCUT2D eigenvalue weighted by Crippen LogP contribution is -2.41. The second-order valence-corrected chi connectivity index (χ2v) is 5.38. The molecule has 1 saturated heterocycles. The molecule has 0 atom stereocenters. The van der Waals surface area contributed by atoms with Gasteiger partial charge in [-0.25, -0.2) is 0 Å². The third kappa shape index (κ3) is 1.73. The molecule has 1 heteroatoms. The summed E-state index contributed by atoms with van der Waals surface area (Å²) in [6, 6.07) is 18.0. The topological polar surface area (TPSA) is 3.24 Å². The quantitative estimate of drug-likeness (QED) is 0.737. The predicted molar refractivity (Wildman–Crippen MR) is 79.8 cm³/mol. The number of hydrogen-bond acceptors (Lipinski definition) is 1. The molecule has 0 spiro atoms. The Morgan fingerprint density at radius 1 is 0.737 bits per heavy atom. The highest BCUT2D eigenvalue weighted by molar-refractivity contribution is 5.76. The molecule has 1 fully saturated rings. The van der Waals surface area contributed by atoms with Crippen molar-refractivity contribution < 1.29 is 0 Å². The van der Waals surface area contributed by atoms with Crippen LogP contribution in [-0.2, 0) is 0 Å². The van der Waals surface area contributed by atoms with Crippen molar-refractivity contribution in [1.29, 1.82) is 0 Å². The predicted octanol–water partition coefficient (Wildman–Crippen LogP) is 3.97. The maximum Gasteiger partial charge on any atom is 0.0613 e. The zero-order valence-electron chi connectivity index (χ0n) is 10.9. The van der Waals surface area contributed by atoms with Gasteiger partial charge in [0.05, 0.1) is 6.04 Å². The van der Waals surface area contributed by atoms with Crippen LogP contribution in [0.3, 0.4) is 0 Å². The number of likely N-dealkylation sites (tertiary alicyclic amines) is 1. The molecule has 0 amide bonds. The van der Waals surface area contributed by atoms with Gasteiger partial charge in [-0.05, 0) is 28.7 Å². The van der Waals surface area contributed by atoms with Crippen molar-refractivity contribution in [1.82, 2.24) is 4.90 Å². The molecule has 1 nitrogen and oxygen atoms in total. The molecule has 4 rings (SSSR count). The fourth-order valence-electron chi connectivity index (χ4n) is 3.16. The Kier molecular flexibility index (Phi) is 2.52. The van der Waals surface area contributed by atoms with Crippen LogP contribution >= 0.6 is 0 Å². The van der Waals surface area contributed by atoms with E-state index < -0.39 is 0 Å². The molecule has 2 aromatic rings. The van der Waals surface area contributed by atoms with Crippen LogP contribution in [0.2, 0.25) is 0 Å². The van der Waals surface area contributed by atoms with E-state index in [1.165, 1.54) is 41.8 Å². The van der Waals surface area contributed by atoms with E-state index in [1.807, 2.05) is 0 Å². The van der Waals surface area contributed by atoms with E-state index in [2.05, 4.69) is 65.6 Å². The Hall–Kier alpha value is -1.86. The molecule has 19 heavy (non-hydrogen) atoms. The molecule has 1 aliphatic heterocycles. The first-order valence-electron chi connectivity index (χ1n) is 7.03. The molecule has 0 saturated carbocycles. The third-order valence-electron chi connectivity index (χ3n) is 4.28. The first-order valence-corrected chi connectivity index (χ1v) is 7.03. The van der Waals surface area contributed by atoms with Gasteiger partial charge in [-0.3, -0.25) is 4.90 Å². The fourth-order valence-corrected chi connectivity index (χ4v) is 3.16. The van der Waals surface area contributed by atoms with E-state index in [4.69, 9.17) is 0 Å². The van der Waals surface area contributed by atoms with Gasteiger partial charge in [0.25, 0.3) is 0 Å². The Balaban J connectivity index is 1.94. The fraction of sp³-hybridized carbons (Fsp3) is 0.222. The minimum Gasteiger partial charge on any atom is -0.292 e. The minimum absolute atomic E-state index is 0.427. The zero-order chi connectivity index (χ0) is 12.7. The Bertz CT molecular complexity index is 588. The number of rotatable bonds is 1. The largest absolute Gasteiger partial charge is 0.292 e. The van der Waals surface area contributed by atoms with Gasteiger partial charge in [-0.15, -0.1) is 0 Å². The molecular weight excluding hydrogens is 230 g/mol. The van der Waals surface area contributed by atoms with Crippen LogP contribution in [0.15, 0.2) is 48.5 Å². The number of hydrogen-bond donors (Lipinski definition) is 0. The standard InChI is InChI=1S/C18H17N/c1-3-8-16-14(6-1)10-11-15-7-2-4-9-17(15)18(16)19-12-5-13-19/h1-4,6-11,18H,5,12-13H2. The van der Waals surface area contributed by atoms with Crippen molar-refractivity contribution in [2.45, 2.75) is 12.5 Å². The van der Waals surface area contributed by atoms with Crippen molar-refractivity contribution in [3.8, 4) is 0 Å². The van der Waals surface area contributed by atoms with Crippen LogP contribution in [0, 0.1) is 0 Å². The molecule has 0 bridgehead atoms. The van der Waals surface area contributed by atoms with Crippen LogP contribution in [0.1, 0.15) is 34.7 Å². The Morgan fingerprint density at radius 3 is 1.74 bits per heavy atom. The molecule has 94 valence electrons. The smallest absolute Gasteiger partial charge is 0.0613 e. The maximum atomic E-state index is 2.59. The summed E-state index contributed by atoms with van der Waals surface area (Å²) in [5, 5.41) is 0. The Labute approximate surface area is 114 Å². The summed E-state index contributed by atoms with van der Waals surface area (Å²) in [7, 11) is 0. The van der Waals surface area contributed by atoms with Gasteiger partial charge < -0.3 is 0 Å². The van der Waals surface area contributed by atoms with Crippen LogP contribution in [0.4, 0.5) is 0 Å². The molecule has 0 radical (unpaired) electrons. The van der Waals surface area contributed by atoms with E-state index >= 15 is 0 Å². The number of nitrogens with zero attached hydrogens (tertiary/aromatic N) is 1. The van der Waals surface area contributed by atoms with Crippen molar-refractivity contribution in [2.24, 2.45) is 0 Å². The van der Waals surface area contributed by atoms with Crippen molar-refractivity contribution >= 4 is 12.2 Å². The minimum atomic E-state index is 0.427. The van der Waals surface area contributed by atoms with Gasteiger partial charge >= 0.3 is 0 Å². The van der Waals surface area contributed by atoms with Gasteiger partial charge in [-0.1, -0.05) is 60.7 Å². The molecule has 2 aromatic carbocycles. The summed E-state index contributed by atoms with van der Waals surface area (Å²) < 4.78 is 0. The normalized spacial score (nSPS) is 18.3. The van der Waals surface area contributed by atoms with Gasteiger partial charge in [0.15, 0.2) is 0 Å². The van der Waals surface area contributed by atoms with Crippen LogP contribution < -0.4 is 0 Å². The third-order valence-corrected chi connectivity index (χ3v) is 4.28. The lowest BCUT2D eigenvalue weighted by molar-refractivity contribution is 0.140. The molecule has 0 unspecified atom stereocenters. The summed E-state index contributed by atoms with van der Waals surface area (Å²) in [6.07, 6.45) is 5.84. The summed E-state index contributed by atoms with van der Waals surface area (Å²) in [5.74, 6) is 0. The number of benzene rings is 2. The maximum absolute atomic E-state index is 2.59. The van der Waals surface area contributed by atoms with E-state index in [0.29, 0.717) is 6.04 Å². The van der Waals surface area contributed by atoms with Gasteiger partial charge in [0.1, 0.15) is 0 Å². The average Bonchev–Trinajstić information content (AvgIpc) is 2.56. The highest BCUT2D eigenvalue weighted by Crippen LogP contribution is 2.38. The van der Waals surface area contributed by atoms with Gasteiger partial charge in [0, 0.05) is 13.1 Å². The van der Waals surface area contributed by atoms with Gasteiger partial charge in [0.2, 0.25) is 0 Å². The summed E-state index contributed by atoms with van der Waals surface area (Å²) in [4.78, 5) is 2.59. The lowest BCUT2D eigenvalue weighted by atomic mass is 9.91. The Morgan fingerprint density at radius 2 is 1.26 bits per heavy atom. The highest BCUT2D eigenvalue weighted by atomic mass is 15.2. The number of fused-ring (bicyclic) bond motifs is 2. The molecule has 0 aromatic heterocycles. The molecule has 2 aliphatic rings. The monoisotopic (exact) mass is 247 g/mol. The van der Waals surface area contributed by atoms with E-state index in [-0.39, 0.29) is 0 Å².